The number of carbonyl (C=O) groups excluding carboxylic acids is 1. The van der Waals surface area contributed by atoms with Crippen LogP contribution in [0.15, 0.2) is 24.3 Å². The molecule has 0 saturated heterocycles. The molecule has 0 atom stereocenters. The first-order valence-corrected chi connectivity index (χ1v) is 6.90. The number of aryl methyl sites for hydroxylation is 1. The van der Waals surface area contributed by atoms with E-state index in [2.05, 4.69) is 9.97 Å². The van der Waals surface area contributed by atoms with E-state index in [0.29, 0.717) is 6.42 Å². The van der Waals surface area contributed by atoms with Crippen LogP contribution in [0.3, 0.4) is 0 Å². The Morgan fingerprint density at radius 1 is 1.28 bits per heavy atom. The number of aromatic nitrogens is 2. The molecular formula is C13H15N3OS. The predicted molar refractivity (Wildman–Crippen MR) is 74.2 cm³/mol. The summed E-state index contributed by atoms with van der Waals surface area (Å²) in [5.41, 5.74) is 8.84. The Labute approximate surface area is 110 Å². The van der Waals surface area contributed by atoms with Gasteiger partial charge >= 0.3 is 0 Å². The first kappa shape index (κ1) is 12.8. The molecule has 0 spiro atoms. The fourth-order valence-corrected chi connectivity index (χ4v) is 2.56. The first-order chi connectivity index (χ1) is 8.66. The van der Waals surface area contributed by atoms with Crippen molar-refractivity contribution < 1.29 is 4.79 Å². The molecule has 0 bridgehead atoms. The first-order valence-electron chi connectivity index (χ1n) is 5.75. The van der Waals surface area contributed by atoms with Crippen molar-refractivity contribution in [2.75, 3.05) is 5.75 Å². The van der Waals surface area contributed by atoms with Gasteiger partial charge in [-0.1, -0.05) is 12.1 Å². The van der Waals surface area contributed by atoms with E-state index >= 15 is 0 Å². The van der Waals surface area contributed by atoms with Crippen LogP contribution in [0.4, 0.5) is 0 Å². The fraction of sp³-hybridized carbons (Fsp3) is 0.308. The zero-order valence-electron chi connectivity index (χ0n) is 10.2. The van der Waals surface area contributed by atoms with Crippen molar-refractivity contribution in [2.24, 2.45) is 5.73 Å². The molecule has 1 heterocycles. The summed E-state index contributed by atoms with van der Waals surface area (Å²) >= 11 is 1.65. The van der Waals surface area contributed by atoms with Crippen LogP contribution in [-0.2, 0) is 10.5 Å². The Balaban J connectivity index is 2.08. The average molecular weight is 261 g/mol. The number of nitrogens with two attached hydrogens (primary N) is 1. The number of primary amides is 1. The monoisotopic (exact) mass is 261 g/mol. The van der Waals surface area contributed by atoms with Crippen molar-refractivity contribution in [3.8, 4) is 0 Å². The van der Waals surface area contributed by atoms with Crippen molar-refractivity contribution in [1.82, 2.24) is 9.97 Å². The summed E-state index contributed by atoms with van der Waals surface area (Å²) in [5.74, 6) is 1.23. The molecule has 1 aromatic carbocycles. The molecular weight excluding hydrogens is 246 g/mol. The zero-order valence-corrected chi connectivity index (χ0v) is 11.0. The number of benzene rings is 1. The average Bonchev–Trinajstić information content (AvgIpc) is 2.34. The van der Waals surface area contributed by atoms with Crippen molar-refractivity contribution in [2.45, 2.75) is 19.1 Å². The van der Waals surface area contributed by atoms with Crippen molar-refractivity contribution in [1.29, 1.82) is 0 Å². The van der Waals surface area contributed by atoms with Gasteiger partial charge in [-0.15, -0.1) is 0 Å². The van der Waals surface area contributed by atoms with Gasteiger partial charge in [0.15, 0.2) is 0 Å². The number of nitrogens with zero attached hydrogens (tertiary/aromatic N) is 2. The van der Waals surface area contributed by atoms with E-state index in [1.807, 2.05) is 31.2 Å². The summed E-state index contributed by atoms with van der Waals surface area (Å²) in [5, 5.41) is 0. The van der Waals surface area contributed by atoms with E-state index in [0.717, 1.165) is 33.9 Å². The van der Waals surface area contributed by atoms with E-state index < -0.39 is 0 Å². The minimum atomic E-state index is -0.260. The lowest BCUT2D eigenvalue weighted by Gasteiger charge is -2.06. The Hall–Kier alpha value is -1.62. The van der Waals surface area contributed by atoms with Gasteiger partial charge in [0.2, 0.25) is 5.91 Å². The number of rotatable bonds is 5. The van der Waals surface area contributed by atoms with E-state index in [1.165, 1.54) is 0 Å². The molecule has 1 amide bonds. The lowest BCUT2D eigenvalue weighted by atomic mass is 10.2. The Kier molecular flexibility index (Phi) is 4.15. The molecule has 0 aliphatic heterocycles. The SMILES string of the molecule is Cc1nc2ccccc2nc1CSCCC(N)=O. The molecule has 0 aliphatic rings. The van der Waals surface area contributed by atoms with E-state index in [4.69, 9.17) is 5.73 Å². The highest BCUT2D eigenvalue weighted by molar-refractivity contribution is 7.98. The fourth-order valence-electron chi connectivity index (χ4n) is 1.60. The van der Waals surface area contributed by atoms with Crippen LogP contribution in [0, 0.1) is 6.92 Å². The van der Waals surface area contributed by atoms with Crippen molar-refractivity contribution >= 4 is 28.7 Å². The number of carbonyl (C=O) groups is 1. The molecule has 1 aromatic heterocycles. The van der Waals surface area contributed by atoms with Gasteiger partial charge < -0.3 is 5.73 Å². The molecule has 0 unspecified atom stereocenters. The van der Waals surface area contributed by atoms with Crippen LogP contribution in [0.5, 0.6) is 0 Å². The normalized spacial score (nSPS) is 10.7. The van der Waals surface area contributed by atoms with Crippen LogP contribution in [0.1, 0.15) is 17.8 Å². The molecule has 18 heavy (non-hydrogen) atoms. The molecule has 2 N–H and O–H groups in total. The molecule has 5 heteroatoms. The van der Waals surface area contributed by atoms with E-state index in [9.17, 15) is 4.79 Å². The summed E-state index contributed by atoms with van der Waals surface area (Å²) in [6, 6.07) is 7.83. The molecule has 0 radical (unpaired) electrons. The number of hydrogen-bond acceptors (Lipinski definition) is 4. The van der Waals surface area contributed by atoms with Crippen molar-refractivity contribution in [3.63, 3.8) is 0 Å². The van der Waals surface area contributed by atoms with Gasteiger partial charge in [0.05, 0.1) is 22.4 Å². The van der Waals surface area contributed by atoms with Crippen LogP contribution >= 0.6 is 11.8 Å². The lowest BCUT2D eigenvalue weighted by molar-refractivity contribution is -0.117. The molecule has 2 aromatic rings. The lowest BCUT2D eigenvalue weighted by Crippen LogP contribution is -2.11. The van der Waals surface area contributed by atoms with E-state index in [-0.39, 0.29) is 5.91 Å². The smallest absolute Gasteiger partial charge is 0.218 e. The van der Waals surface area contributed by atoms with Gasteiger partial charge in [0, 0.05) is 17.9 Å². The highest BCUT2D eigenvalue weighted by Crippen LogP contribution is 2.17. The maximum atomic E-state index is 10.6. The molecule has 4 nitrogen and oxygen atoms in total. The predicted octanol–water partition coefficient (Wildman–Crippen LogP) is 2.05. The highest BCUT2D eigenvalue weighted by Gasteiger charge is 2.05. The van der Waals surface area contributed by atoms with Gasteiger partial charge in [-0.2, -0.15) is 11.8 Å². The number of para-hydroxylation sites is 2. The minimum Gasteiger partial charge on any atom is -0.370 e. The summed E-state index contributed by atoms with van der Waals surface area (Å²) in [7, 11) is 0. The van der Waals surface area contributed by atoms with Crippen LogP contribution in [0.2, 0.25) is 0 Å². The minimum absolute atomic E-state index is 0.260. The molecule has 0 fully saturated rings. The quantitative estimate of drug-likeness (QED) is 0.836. The second-order valence-corrected chi connectivity index (χ2v) is 5.12. The standard InChI is InChI=1S/C13H15N3OS/c1-9-12(8-18-7-6-13(14)17)16-11-5-3-2-4-10(11)15-9/h2-5H,6-8H2,1H3,(H2,14,17). The third-order valence-electron chi connectivity index (χ3n) is 2.57. The van der Waals surface area contributed by atoms with Crippen LogP contribution < -0.4 is 5.73 Å². The summed E-state index contributed by atoms with van der Waals surface area (Å²) in [6.07, 6.45) is 0.407. The highest BCUT2D eigenvalue weighted by atomic mass is 32.2. The second kappa shape index (κ2) is 5.82. The van der Waals surface area contributed by atoms with Gasteiger partial charge in [0.1, 0.15) is 0 Å². The Morgan fingerprint density at radius 2 is 1.94 bits per heavy atom. The molecule has 94 valence electrons. The molecule has 0 saturated carbocycles. The summed E-state index contributed by atoms with van der Waals surface area (Å²) in [4.78, 5) is 19.7. The van der Waals surface area contributed by atoms with Crippen LogP contribution in [-0.4, -0.2) is 21.6 Å². The molecule has 0 aliphatic carbocycles. The largest absolute Gasteiger partial charge is 0.370 e. The molecule has 2 rings (SSSR count). The van der Waals surface area contributed by atoms with Gasteiger partial charge in [-0.25, -0.2) is 9.97 Å². The number of amides is 1. The Morgan fingerprint density at radius 3 is 2.61 bits per heavy atom. The van der Waals surface area contributed by atoms with Gasteiger partial charge in [0.25, 0.3) is 0 Å². The number of thioether (sulfide) groups is 1. The summed E-state index contributed by atoms with van der Waals surface area (Å²) < 4.78 is 0. The van der Waals surface area contributed by atoms with Gasteiger partial charge in [-0.05, 0) is 19.1 Å². The maximum Gasteiger partial charge on any atom is 0.218 e. The third-order valence-corrected chi connectivity index (χ3v) is 3.54. The number of fused-ring (bicyclic) bond motifs is 1. The number of hydrogen-bond donors (Lipinski definition) is 1. The third kappa shape index (κ3) is 3.20. The maximum absolute atomic E-state index is 10.6. The van der Waals surface area contributed by atoms with Crippen molar-refractivity contribution in [3.05, 3.63) is 35.7 Å². The van der Waals surface area contributed by atoms with E-state index in [1.54, 1.807) is 11.8 Å². The van der Waals surface area contributed by atoms with Gasteiger partial charge in [-0.3, -0.25) is 4.79 Å². The topological polar surface area (TPSA) is 68.9 Å². The van der Waals surface area contributed by atoms with Crippen LogP contribution in [0.25, 0.3) is 11.0 Å². The second-order valence-electron chi connectivity index (χ2n) is 4.01. The zero-order chi connectivity index (χ0) is 13.0. The Bertz CT molecular complexity index is 571. The summed E-state index contributed by atoms with van der Waals surface area (Å²) in [6.45, 7) is 1.96.